The summed E-state index contributed by atoms with van der Waals surface area (Å²) >= 11 is 0. The fraction of sp³-hybridized carbons (Fsp3) is 1.00. The topological polar surface area (TPSA) is 49.4 Å². The lowest BCUT2D eigenvalue weighted by atomic mass is 10.2. The number of hydrogen-bond donors (Lipinski definition) is 0. The molecule has 0 radical (unpaired) electrons. The van der Waals surface area contributed by atoms with Gasteiger partial charge in [-0.15, -0.1) is 0 Å². The Morgan fingerprint density at radius 3 is 1.38 bits per heavy atom. The second kappa shape index (κ2) is 14.8. The second-order valence-corrected chi connectivity index (χ2v) is 8.19. The van der Waals surface area contributed by atoms with Crippen LogP contribution in [-0.2, 0) is 23.7 Å². The highest BCUT2D eigenvalue weighted by Crippen LogP contribution is 2.06. The van der Waals surface area contributed by atoms with E-state index >= 15 is 0 Å². The van der Waals surface area contributed by atoms with Crippen LogP contribution in [0.2, 0.25) is 0 Å². The summed E-state index contributed by atoms with van der Waals surface area (Å²) in [5.41, 5.74) is -0.180. The van der Waals surface area contributed by atoms with Crippen LogP contribution >= 0.6 is 0 Å². The Morgan fingerprint density at radius 2 is 0.923 bits per heavy atom. The van der Waals surface area contributed by atoms with E-state index in [9.17, 15) is 0 Å². The highest BCUT2D eigenvalue weighted by molar-refractivity contribution is 4.61. The highest BCUT2D eigenvalue weighted by Gasteiger charge is 2.11. The van der Waals surface area contributed by atoms with E-state index in [-0.39, 0.29) is 11.2 Å². The van der Waals surface area contributed by atoms with Gasteiger partial charge >= 0.3 is 0 Å². The van der Waals surface area contributed by atoms with Gasteiger partial charge in [0.1, 0.15) is 0 Å². The first-order valence-corrected chi connectivity index (χ1v) is 9.87. The van der Waals surface area contributed by atoms with Crippen LogP contribution in [0.1, 0.15) is 48.5 Å². The first-order chi connectivity index (χ1) is 12.1. The van der Waals surface area contributed by atoms with Crippen LogP contribution in [0, 0.1) is 0 Å². The molecule has 0 aliphatic rings. The van der Waals surface area contributed by atoms with Crippen LogP contribution in [0.15, 0.2) is 0 Å². The van der Waals surface area contributed by atoms with Crippen LogP contribution in [0.25, 0.3) is 0 Å². The fourth-order valence-electron chi connectivity index (χ4n) is 2.05. The largest absolute Gasteiger partial charge is 0.378 e. The molecular weight excluding hydrogens is 334 g/mol. The maximum atomic E-state index is 5.76. The van der Waals surface area contributed by atoms with Crippen molar-refractivity contribution in [2.75, 3.05) is 72.5 Å². The first-order valence-electron chi connectivity index (χ1n) is 9.87. The molecule has 158 valence electrons. The molecule has 0 fully saturated rings. The standard InChI is InChI=1S/C20H43NO5/c1-8-21(10-12-25-19(2,3)4)9-11-22-13-14-23-15-16-24-17-18-26-20(5,6)7/h8-18H2,1-7H3. The summed E-state index contributed by atoms with van der Waals surface area (Å²) in [5, 5.41) is 0. The van der Waals surface area contributed by atoms with Crippen molar-refractivity contribution >= 4 is 0 Å². The van der Waals surface area contributed by atoms with Gasteiger partial charge in [0.25, 0.3) is 0 Å². The molecule has 0 spiro atoms. The number of ether oxygens (including phenoxy) is 5. The Kier molecular flexibility index (Phi) is 14.6. The van der Waals surface area contributed by atoms with Crippen molar-refractivity contribution in [1.29, 1.82) is 0 Å². The molecule has 0 N–H and O–H groups in total. The molecule has 0 atom stereocenters. The average Bonchev–Trinajstić information content (AvgIpc) is 2.52. The molecule has 0 amide bonds. The Labute approximate surface area is 161 Å². The third kappa shape index (κ3) is 20.1. The molecule has 0 saturated heterocycles. The molecule has 0 rings (SSSR count). The average molecular weight is 378 g/mol. The van der Waals surface area contributed by atoms with E-state index in [0.717, 1.165) is 26.2 Å². The monoisotopic (exact) mass is 377 g/mol. The van der Waals surface area contributed by atoms with Crippen LogP contribution < -0.4 is 0 Å². The van der Waals surface area contributed by atoms with Crippen molar-refractivity contribution in [3.8, 4) is 0 Å². The molecule has 6 nitrogen and oxygen atoms in total. The zero-order valence-corrected chi connectivity index (χ0v) is 18.3. The van der Waals surface area contributed by atoms with Gasteiger partial charge in [-0.1, -0.05) is 6.92 Å². The van der Waals surface area contributed by atoms with E-state index in [1.165, 1.54) is 0 Å². The van der Waals surface area contributed by atoms with E-state index in [0.29, 0.717) is 46.2 Å². The minimum atomic E-state index is -0.107. The summed E-state index contributed by atoms with van der Waals surface area (Å²) in [5.74, 6) is 0. The molecule has 6 heteroatoms. The molecule has 0 aromatic heterocycles. The molecule has 26 heavy (non-hydrogen) atoms. The van der Waals surface area contributed by atoms with Gasteiger partial charge < -0.3 is 23.7 Å². The van der Waals surface area contributed by atoms with Gasteiger partial charge in [0.15, 0.2) is 0 Å². The van der Waals surface area contributed by atoms with E-state index < -0.39 is 0 Å². The van der Waals surface area contributed by atoms with Gasteiger partial charge in [0.2, 0.25) is 0 Å². The zero-order chi connectivity index (χ0) is 19.9. The normalized spacial score (nSPS) is 12.9. The summed E-state index contributed by atoms with van der Waals surface area (Å²) < 4.78 is 27.9. The highest BCUT2D eigenvalue weighted by atomic mass is 16.6. The maximum absolute atomic E-state index is 5.76. The van der Waals surface area contributed by atoms with Crippen LogP contribution in [-0.4, -0.2) is 88.6 Å². The number of hydrogen-bond acceptors (Lipinski definition) is 6. The van der Waals surface area contributed by atoms with E-state index in [2.05, 4.69) is 32.6 Å². The Bertz CT molecular complexity index is 312. The maximum Gasteiger partial charge on any atom is 0.0707 e. The molecule has 0 aromatic rings. The summed E-state index contributed by atoms with van der Waals surface area (Å²) in [6.45, 7) is 22.4. The fourth-order valence-corrected chi connectivity index (χ4v) is 2.05. The minimum absolute atomic E-state index is 0.0728. The second-order valence-electron chi connectivity index (χ2n) is 8.19. The first kappa shape index (κ1) is 25.8. The lowest BCUT2D eigenvalue weighted by molar-refractivity contribution is -0.0455. The Balaban J connectivity index is 3.36. The summed E-state index contributed by atoms with van der Waals surface area (Å²) in [6.07, 6.45) is 0. The molecule has 0 saturated carbocycles. The molecule has 0 bridgehead atoms. The number of rotatable bonds is 16. The van der Waals surface area contributed by atoms with Gasteiger partial charge in [-0.2, -0.15) is 0 Å². The van der Waals surface area contributed by atoms with E-state index in [1.807, 2.05) is 20.8 Å². The van der Waals surface area contributed by atoms with Gasteiger partial charge in [-0.25, -0.2) is 0 Å². The van der Waals surface area contributed by atoms with Crippen LogP contribution in [0.3, 0.4) is 0 Å². The SMILES string of the molecule is CCN(CCOCCOCCOCCOC(C)(C)C)CCOC(C)(C)C. The van der Waals surface area contributed by atoms with Crippen molar-refractivity contribution in [1.82, 2.24) is 4.90 Å². The van der Waals surface area contributed by atoms with Gasteiger partial charge in [-0.3, -0.25) is 4.90 Å². The Hall–Kier alpha value is -0.240. The predicted octanol–water partition coefficient (Wildman–Crippen LogP) is 2.99. The number of nitrogens with zero attached hydrogens (tertiary/aromatic N) is 1. The van der Waals surface area contributed by atoms with Crippen molar-refractivity contribution in [3.05, 3.63) is 0 Å². The number of likely N-dealkylation sites (N-methyl/N-ethyl adjacent to an activating group) is 1. The van der Waals surface area contributed by atoms with Crippen LogP contribution in [0.5, 0.6) is 0 Å². The summed E-state index contributed by atoms with van der Waals surface area (Å²) in [6, 6.07) is 0. The predicted molar refractivity (Wildman–Crippen MR) is 106 cm³/mol. The van der Waals surface area contributed by atoms with Gasteiger partial charge in [0.05, 0.1) is 64.1 Å². The molecule has 0 heterocycles. The lowest BCUT2D eigenvalue weighted by Crippen LogP contribution is -2.33. The zero-order valence-electron chi connectivity index (χ0n) is 18.3. The van der Waals surface area contributed by atoms with Crippen molar-refractivity contribution in [2.24, 2.45) is 0 Å². The quantitative estimate of drug-likeness (QED) is 0.386. The third-order valence-corrected chi connectivity index (χ3v) is 3.45. The third-order valence-electron chi connectivity index (χ3n) is 3.45. The summed E-state index contributed by atoms with van der Waals surface area (Å²) in [4.78, 5) is 2.33. The molecule has 0 aromatic carbocycles. The molecule has 0 aliphatic carbocycles. The van der Waals surface area contributed by atoms with Crippen molar-refractivity contribution in [3.63, 3.8) is 0 Å². The lowest BCUT2D eigenvalue weighted by Gasteiger charge is -2.24. The van der Waals surface area contributed by atoms with Gasteiger partial charge in [0, 0.05) is 13.1 Å². The Morgan fingerprint density at radius 1 is 0.538 bits per heavy atom. The van der Waals surface area contributed by atoms with Crippen molar-refractivity contribution < 1.29 is 23.7 Å². The molecule has 0 aliphatic heterocycles. The molecule has 0 unspecified atom stereocenters. The smallest absolute Gasteiger partial charge is 0.0707 e. The van der Waals surface area contributed by atoms with Crippen LogP contribution in [0.4, 0.5) is 0 Å². The van der Waals surface area contributed by atoms with Gasteiger partial charge in [-0.05, 0) is 48.1 Å². The molecular formula is C20H43NO5. The van der Waals surface area contributed by atoms with Crippen molar-refractivity contribution in [2.45, 2.75) is 59.7 Å². The van der Waals surface area contributed by atoms with E-state index in [1.54, 1.807) is 0 Å². The minimum Gasteiger partial charge on any atom is -0.378 e. The van der Waals surface area contributed by atoms with E-state index in [4.69, 9.17) is 23.7 Å². The summed E-state index contributed by atoms with van der Waals surface area (Å²) in [7, 11) is 0.